The minimum absolute atomic E-state index is 0.0824. The fourth-order valence-electron chi connectivity index (χ4n) is 5.34. The Morgan fingerprint density at radius 1 is 1.06 bits per heavy atom. The molecule has 0 saturated carbocycles. The summed E-state index contributed by atoms with van der Waals surface area (Å²) in [5.41, 5.74) is -0.00409. The summed E-state index contributed by atoms with van der Waals surface area (Å²) in [5, 5.41) is 0. The van der Waals surface area contributed by atoms with Crippen molar-refractivity contribution in [1.29, 1.82) is 0 Å². The van der Waals surface area contributed by atoms with Crippen molar-refractivity contribution in [2.45, 2.75) is 37.5 Å². The third kappa shape index (κ3) is 4.51. The van der Waals surface area contributed by atoms with Crippen molar-refractivity contribution in [3.05, 3.63) is 59.7 Å². The SMILES string of the molecule is O=C(CN1CC2CCC(C1)N2c1ncc(F)cn1)N1CCC=C(c2ccccc2C(F)(F)F)C1. The fraction of sp³-hybridized carbons (Fsp3) is 0.458. The zero-order valence-electron chi connectivity index (χ0n) is 18.5. The summed E-state index contributed by atoms with van der Waals surface area (Å²) in [4.78, 5) is 27.2. The van der Waals surface area contributed by atoms with Crippen LogP contribution in [0, 0.1) is 5.82 Å². The molecule has 0 aliphatic carbocycles. The van der Waals surface area contributed by atoms with E-state index in [-0.39, 0.29) is 36.6 Å². The largest absolute Gasteiger partial charge is 0.416 e. The van der Waals surface area contributed by atoms with Crippen LogP contribution in [-0.2, 0) is 11.0 Å². The lowest BCUT2D eigenvalue weighted by molar-refractivity contribution is -0.137. The van der Waals surface area contributed by atoms with Gasteiger partial charge in [0.15, 0.2) is 5.82 Å². The number of fused-ring (bicyclic) bond motifs is 2. The summed E-state index contributed by atoms with van der Waals surface area (Å²) >= 11 is 0. The van der Waals surface area contributed by atoms with E-state index in [9.17, 15) is 22.4 Å². The molecule has 3 aliphatic heterocycles. The zero-order chi connectivity index (χ0) is 23.9. The van der Waals surface area contributed by atoms with E-state index in [0.29, 0.717) is 37.6 Å². The lowest BCUT2D eigenvalue weighted by atomic mass is 9.96. The first-order valence-corrected chi connectivity index (χ1v) is 11.4. The second kappa shape index (κ2) is 8.98. The van der Waals surface area contributed by atoms with Crippen molar-refractivity contribution in [2.75, 3.05) is 37.6 Å². The molecule has 5 rings (SSSR count). The predicted octanol–water partition coefficient (Wildman–Crippen LogP) is 3.60. The monoisotopic (exact) mass is 475 g/mol. The molecule has 2 bridgehead atoms. The molecular weight excluding hydrogens is 450 g/mol. The first-order chi connectivity index (χ1) is 16.3. The molecule has 1 aromatic heterocycles. The van der Waals surface area contributed by atoms with Gasteiger partial charge in [-0.1, -0.05) is 24.3 Å². The smallest absolute Gasteiger partial charge is 0.337 e. The van der Waals surface area contributed by atoms with Crippen molar-refractivity contribution in [1.82, 2.24) is 19.8 Å². The van der Waals surface area contributed by atoms with Gasteiger partial charge in [-0.2, -0.15) is 13.2 Å². The Labute approximate surface area is 194 Å². The van der Waals surface area contributed by atoms with E-state index in [1.807, 2.05) is 0 Å². The van der Waals surface area contributed by atoms with Crippen LogP contribution >= 0.6 is 0 Å². The molecule has 0 spiro atoms. The van der Waals surface area contributed by atoms with E-state index in [2.05, 4.69) is 19.8 Å². The van der Waals surface area contributed by atoms with Crippen LogP contribution in [0.2, 0.25) is 0 Å². The predicted molar refractivity (Wildman–Crippen MR) is 118 cm³/mol. The van der Waals surface area contributed by atoms with Gasteiger partial charge in [0, 0.05) is 38.3 Å². The van der Waals surface area contributed by atoms with Crippen LogP contribution < -0.4 is 4.90 Å². The third-order valence-corrected chi connectivity index (χ3v) is 6.84. The molecule has 4 heterocycles. The van der Waals surface area contributed by atoms with Crippen molar-refractivity contribution in [3.63, 3.8) is 0 Å². The highest BCUT2D eigenvalue weighted by atomic mass is 19.4. The Morgan fingerprint density at radius 2 is 1.74 bits per heavy atom. The molecule has 2 saturated heterocycles. The first-order valence-electron chi connectivity index (χ1n) is 11.4. The van der Waals surface area contributed by atoms with E-state index in [1.54, 1.807) is 17.0 Å². The van der Waals surface area contributed by atoms with Gasteiger partial charge in [0.2, 0.25) is 11.9 Å². The molecule has 3 aliphatic rings. The number of amides is 1. The molecule has 0 N–H and O–H groups in total. The Hall–Kier alpha value is -3.01. The van der Waals surface area contributed by atoms with Gasteiger partial charge in [-0.05, 0) is 36.5 Å². The first kappa shape index (κ1) is 22.8. The standard InChI is InChI=1S/C24H25F4N5O/c25-17-10-29-23(30-11-17)33-18-7-8-19(33)14-31(13-18)15-22(34)32-9-3-4-16(12-32)20-5-1-2-6-21(20)24(26,27)28/h1-2,4-6,10-11,18-19H,3,7-9,12-15H2. The van der Waals surface area contributed by atoms with Gasteiger partial charge >= 0.3 is 6.18 Å². The number of carbonyl (C=O) groups is 1. The Balaban J connectivity index is 1.23. The minimum atomic E-state index is -4.45. The Morgan fingerprint density at radius 3 is 2.41 bits per heavy atom. The molecular formula is C24H25F4N5O. The maximum atomic E-state index is 13.5. The zero-order valence-corrected chi connectivity index (χ0v) is 18.5. The third-order valence-electron chi connectivity index (χ3n) is 6.84. The average Bonchev–Trinajstić information content (AvgIpc) is 3.09. The van der Waals surface area contributed by atoms with Crippen LogP contribution in [0.4, 0.5) is 23.5 Å². The summed E-state index contributed by atoms with van der Waals surface area (Å²) < 4.78 is 53.6. The van der Waals surface area contributed by atoms with Crippen LogP contribution in [0.1, 0.15) is 30.4 Å². The molecule has 2 aromatic rings. The summed E-state index contributed by atoms with van der Waals surface area (Å²) in [6.07, 6.45) is 2.09. The van der Waals surface area contributed by atoms with Crippen LogP contribution in [0.3, 0.4) is 0 Å². The molecule has 6 nitrogen and oxygen atoms in total. The van der Waals surface area contributed by atoms with E-state index < -0.39 is 17.6 Å². The summed E-state index contributed by atoms with van der Waals surface area (Å²) in [6, 6.07) is 5.81. The van der Waals surface area contributed by atoms with Crippen LogP contribution in [0.15, 0.2) is 42.7 Å². The van der Waals surface area contributed by atoms with Gasteiger partial charge in [-0.15, -0.1) is 0 Å². The van der Waals surface area contributed by atoms with Crippen molar-refractivity contribution in [2.24, 2.45) is 0 Å². The Bertz CT molecular complexity index is 1070. The van der Waals surface area contributed by atoms with Crippen LogP contribution in [0.5, 0.6) is 0 Å². The molecule has 1 aromatic carbocycles. The topological polar surface area (TPSA) is 52.6 Å². The molecule has 2 unspecified atom stereocenters. The number of alkyl halides is 3. The molecule has 180 valence electrons. The number of aromatic nitrogens is 2. The minimum Gasteiger partial charge on any atom is -0.337 e. The normalized spacial score (nSPS) is 23.2. The van der Waals surface area contributed by atoms with E-state index in [4.69, 9.17) is 0 Å². The Kier molecular flexibility index (Phi) is 6.01. The van der Waals surface area contributed by atoms with Crippen molar-refractivity contribution in [3.8, 4) is 0 Å². The number of rotatable bonds is 4. The molecule has 34 heavy (non-hydrogen) atoms. The highest BCUT2D eigenvalue weighted by Crippen LogP contribution is 2.36. The second-order valence-electron chi connectivity index (χ2n) is 9.06. The van der Waals surface area contributed by atoms with Crippen LogP contribution in [0.25, 0.3) is 5.57 Å². The van der Waals surface area contributed by atoms with Gasteiger partial charge in [0.05, 0.1) is 24.5 Å². The highest BCUT2D eigenvalue weighted by molar-refractivity contribution is 5.82. The second-order valence-corrected chi connectivity index (χ2v) is 9.06. The maximum Gasteiger partial charge on any atom is 0.416 e. The van der Waals surface area contributed by atoms with E-state index >= 15 is 0 Å². The molecule has 2 atom stereocenters. The quantitative estimate of drug-likeness (QED) is 0.633. The summed E-state index contributed by atoms with van der Waals surface area (Å²) in [6.45, 7) is 2.21. The number of anilines is 1. The van der Waals surface area contributed by atoms with Gasteiger partial charge < -0.3 is 9.80 Å². The van der Waals surface area contributed by atoms with Crippen molar-refractivity contribution < 1.29 is 22.4 Å². The van der Waals surface area contributed by atoms with Crippen molar-refractivity contribution >= 4 is 17.4 Å². The molecule has 2 fully saturated rings. The molecule has 0 radical (unpaired) electrons. The van der Waals surface area contributed by atoms with Gasteiger partial charge in [0.1, 0.15) is 0 Å². The number of hydrogen-bond acceptors (Lipinski definition) is 5. The lowest BCUT2D eigenvalue weighted by Gasteiger charge is -2.41. The number of piperazine rings is 1. The molecule has 1 amide bonds. The summed E-state index contributed by atoms with van der Waals surface area (Å²) in [5.74, 6) is -0.0527. The number of benzene rings is 1. The lowest BCUT2D eigenvalue weighted by Crippen LogP contribution is -2.56. The van der Waals surface area contributed by atoms with Gasteiger partial charge in [-0.25, -0.2) is 14.4 Å². The maximum absolute atomic E-state index is 13.5. The summed E-state index contributed by atoms with van der Waals surface area (Å²) in [7, 11) is 0. The average molecular weight is 475 g/mol. The van der Waals surface area contributed by atoms with Crippen LogP contribution in [-0.4, -0.2) is 70.5 Å². The highest BCUT2D eigenvalue weighted by Gasteiger charge is 2.42. The number of halogens is 4. The number of carbonyl (C=O) groups excluding carboxylic acids is 1. The number of hydrogen-bond donors (Lipinski definition) is 0. The van der Waals surface area contributed by atoms with E-state index in [0.717, 1.165) is 31.3 Å². The van der Waals surface area contributed by atoms with Gasteiger partial charge in [-0.3, -0.25) is 9.69 Å². The van der Waals surface area contributed by atoms with E-state index in [1.165, 1.54) is 12.1 Å². The fourth-order valence-corrected chi connectivity index (χ4v) is 5.34. The number of nitrogens with zero attached hydrogens (tertiary/aromatic N) is 5. The molecule has 10 heteroatoms. The van der Waals surface area contributed by atoms with Gasteiger partial charge in [0.25, 0.3) is 0 Å². The number of likely N-dealkylation sites (tertiary alicyclic amines) is 1.